The molecule has 148 valence electrons. The molecule has 1 atom stereocenters. The lowest BCUT2D eigenvalue weighted by molar-refractivity contribution is -0.141. The first-order valence-electron chi connectivity index (χ1n) is 9.49. The Morgan fingerprint density at radius 2 is 1.48 bits per heavy atom. The molecule has 0 radical (unpaired) electrons. The molecule has 0 unspecified atom stereocenters. The average Bonchev–Trinajstić information content (AvgIpc) is 2.76. The molecule has 0 aromatic heterocycles. The second-order valence-electron chi connectivity index (χ2n) is 6.47. The minimum absolute atomic E-state index is 0.156. The molecule has 1 amide bonds. The fourth-order valence-electron chi connectivity index (χ4n) is 2.70. The van der Waals surface area contributed by atoms with Crippen LogP contribution in [0.25, 0.3) is 11.1 Å². The molecule has 0 bridgehead atoms. The molecule has 0 spiro atoms. The first kappa shape index (κ1) is 20.1. The van der Waals surface area contributed by atoms with Crippen LogP contribution in [0.5, 0.6) is 11.5 Å². The Bertz CT molecular complexity index is 968. The lowest BCUT2D eigenvalue weighted by atomic mass is 10.1. The molecule has 29 heavy (non-hydrogen) atoms. The summed E-state index contributed by atoms with van der Waals surface area (Å²) in [6.45, 7) is 3.38. The molecule has 5 nitrogen and oxygen atoms in total. The molecule has 1 N–H and O–H groups in total. The standard InChI is InChI=1S/C24H23NO4/c1-3-23(26)25-21-11-7-8-12-22(21)29-24(27)17(2)28-20-15-13-19(14-16-20)18-9-5-4-6-10-18/h4-17H,3H2,1-2H3,(H,25,26)/t17-/m0/s1. The van der Waals surface area contributed by atoms with Crippen molar-refractivity contribution in [2.45, 2.75) is 26.4 Å². The highest BCUT2D eigenvalue weighted by Gasteiger charge is 2.19. The van der Waals surface area contributed by atoms with E-state index < -0.39 is 12.1 Å². The van der Waals surface area contributed by atoms with E-state index in [0.29, 0.717) is 17.9 Å². The van der Waals surface area contributed by atoms with Crippen LogP contribution in [0.4, 0.5) is 5.69 Å². The van der Waals surface area contributed by atoms with Crippen LogP contribution < -0.4 is 14.8 Å². The monoisotopic (exact) mass is 389 g/mol. The molecule has 0 aliphatic heterocycles. The van der Waals surface area contributed by atoms with Crippen LogP contribution in [-0.4, -0.2) is 18.0 Å². The number of hydrogen-bond acceptors (Lipinski definition) is 4. The number of rotatable bonds is 7. The molecule has 0 aliphatic rings. The summed E-state index contributed by atoms with van der Waals surface area (Å²) in [5.74, 6) is 0.155. The summed E-state index contributed by atoms with van der Waals surface area (Å²) in [6.07, 6.45) is -0.478. The quantitative estimate of drug-likeness (QED) is 0.452. The minimum atomic E-state index is -0.812. The van der Waals surface area contributed by atoms with Crippen LogP contribution in [0.3, 0.4) is 0 Å². The Morgan fingerprint density at radius 1 is 0.862 bits per heavy atom. The van der Waals surface area contributed by atoms with Gasteiger partial charge in [-0.1, -0.05) is 61.5 Å². The second kappa shape index (κ2) is 9.55. The van der Waals surface area contributed by atoms with Gasteiger partial charge in [-0.2, -0.15) is 0 Å². The van der Waals surface area contributed by atoms with E-state index in [0.717, 1.165) is 11.1 Å². The molecular weight excluding hydrogens is 366 g/mol. The Kier molecular flexibility index (Phi) is 6.63. The van der Waals surface area contributed by atoms with Crippen LogP contribution in [0.2, 0.25) is 0 Å². The van der Waals surface area contributed by atoms with Crippen molar-refractivity contribution < 1.29 is 19.1 Å². The summed E-state index contributed by atoms with van der Waals surface area (Å²) in [5, 5.41) is 2.72. The van der Waals surface area contributed by atoms with Crippen molar-refractivity contribution in [1.29, 1.82) is 0 Å². The largest absolute Gasteiger partial charge is 0.479 e. The lowest BCUT2D eigenvalue weighted by Gasteiger charge is -2.16. The molecule has 0 aliphatic carbocycles. The number of esters is 1. The summed E-state index contributed by atoms with van der Waals surface area (Å²) in [7, 11) is 0. The second-order valence-corrected chi connectivity index (χ2v) is 6.47. The highest BCUT2D eigenvalue weighted by molar-refractivity contribution is 5.92. The molecule has 0 fully saturated rings. The van der Waals surface area contributed by atoms with Gasteiger partial charge in [0, 0.05) is 6.42 Å². The fraction of sp³-hybridized carbons (Fsp3) is 0.167. The molecular formula is C24H23NO4. The fourth-order valence-corrected chi connectivity index (χ4v) is 2.70. The first-order chi connectivity index (χ1) is 14.1. The van der Waals surface area contributed by atoms with Crippen molar-refractivity contribution >= 4 is 17.6 Å². The van der Waals surface area contributed by atoms with Gasteiger partial charge in [-0.3, -0.25) is 4.79 Å². The van der Waals surface area contributed by atoms with Crippen LogP contribution >= 0.6 is 0 Å². The number of hydrogen-bond donors (Lipinski definition) is 1. The number of anilines is 1. The number of amides is 1. The van der Waals surface area contributed by atoms with Gasteiger partial charge in [0.05, 0.1) is 5.69 Å². The zero-order valence-electron chi connectivity index (χ0n) is 16.4. The highest BCUT2D eigenvalue weighted by Crippen LogP contribution is 2.26. The smallest absolute Gasteiger partial charge is 0.352 e. The van der Waals surface area contributed by atoms with Gasteiger partial charge in [-0.15, -0.1) is 0 Å². The number of carbonyl (C=O) groups excluding carboxylic acids is 2. The van der Waals surface area contributed by atoms with Gasteiger partial charge in [0.1, 0.15) is 5.75 Å². The summed E-state index contributed by atoms with van der Waals surface area (Å²) in [4.78, 5) is 24.1. The van der Waals surface area contributed by atoms with Crippen molar-refractivity contribution in [2.24, 2.45) is 0 Å². The minimum Gasteiger partial charge on any atom is -0.479 e. The molecule has 5 heteroatoms. The predicted octanol–water partition coefficient (Wildman–Crippen LogP) is 5.08. The Balaban J connectivity index is 1.63. The molecule has 0 saturated carbocycles. The van der Waals surface area contributed by atoms with Crippen LogP contribution in [0.1, 0.15) is 20.3 Å². The van der Waals surface area contributed by atoms with Crippen LogP contribution in [0.15, 0.2) is 78.9 Å². The van der Waals surface area contributed by atoms with Crippen molar-refractivity contribution in [1.82, 2.24) is 0 Å². The number of nitrogens with one attached hydrogen (secondary N) is 1. The maximum absolute atomic E-state index is 12.5. The number of ether oxygens (including phenoxy) is 2. The van der Waals surface area contributed by atoms with E-state index in [4.69, 9.17) is 9.47 Å². The van der Waals surface area contributed by atoms with Gasteiger partial charge in [-0.25, -0.2) is 4.79 Å². The van der Waals surface area contributed by atoms with E-state index in [2.05, 4.69) is 5.32 Å². The highest BCUT2D eigenvalue weighted by atomic mass is 16.6. The van der Waals surface area contributed by atoms with E-state index in [1.54, 1.807) is 38.1 Å². The normalized spacial score (nSPS) is 11.4. The maximum atomic E-state index is 12.5. The summed E-state index contributed by atoms with van der Waals surface area (Å²) in [5.41, 5.74) is 2.62. The van der Waals surface area contributed by atoms with Crippen molar-refractivity contribution in [3.8, 4) is 22.6 Å². The summed E-state index contributed by atoms with van der Waals surface area (Å²) >= 11 is 0. The summed E-state index contributed by atoms with van der Waals surface area (Å²) in [6, 6.07) is 24.3. The topological polar surface area (TPSA) is 64.6 Å². The molecule has 0 saturated heterocycles. The van der Waals surface area contributed by atoms with Crippen molar-refractivity contribution in [3.05, 3.63) is 78.9 Å². The summed E-state index contributed by atoms with van der Waals surface area (Å²) < 4.78 is 11.2. The Hall–Kier alpha value is -3.60. The Morgan fingerprint density at radius 3 is 2.17 bits per heavy atom. The van der Waals surface area contributed by atoms with Crippen molar-refractivity contribution in [2.75, 3.05) is 5.32 Å². The maximum Gasteiger partial charge on any atom is 0.352 e. The van der Waals surface area contributed by atoms with Gasteiger partial charge >= 0.3 is 5.97 Å². The van der Waals surface area contributed by atoms with Gasteiger partial charge in [-0.05, 0) is 42.3 Å². The van der Waals surface area contributed by atoms with Gasteiger partial charge in [0.2, 0.25) is 5.91 Å². The predicted molar refractivity (Wildman–Crippen MR) is 113 cm³/mol. The molecule has 3 rings (SSSR count). The Labute approximate surface area is 170 Å². The molecule has 0 heterocycles. The van der Waals surface area contributed by atoms with Gasteiger partial charge < -0.3 is 14.8 Å². The van der Waals surface area contributed by atoms with Crippen LogP contribution in [0, 0.1) is 0 Å². The molecule has 3 aromatic carbocycles. The van der Waals surface area contributed by atoms with Gasteiger partial charge in [0.15, 0.2) is 11.9 Å². The van der Waals surface area contributed by atoms with E-state index >= 15 is 0 Å². The third-order valence-electron chi connectivity index (χ3n) is 4.30. The van der Waals surface area contributed by atoms with E-state index in [-0.39, 0.29) is 11.7 Å². The van der Waals surface area contributed by atoms with Crippen LogP contribution in [-0.2, 0) is 9.59 Å². The van der Waals surface area contributed by atoms with E-state index in [9.17, 15) is 9.59 Å². The van der Waals surface area contributed by atoms with Gasteiger partial charge in [0.25, 0.3) is 0 Å². The zero-order chi connectivity index (χ0) is 20.6. The number of benzene rings is 3. The molecule has 3 aromatic rings. The van der Waals surface area contributed by atoms with Crippen molar-refractivity contribution in [3.63, 3.8) is 0 Å². The van der Waals surface area contributed by atoms with E-state index in [1.165, 1.54) is 0 Å². The third-order valence-corrected chi connectivity index (χ3v) is 4.30. The number of carbonyl (C=O) groups is 2. The number of para-hydroxylation sites is 2. The lowest BCUT2D eigenvalue weighted by Crippen LogP contribution is -2.28. The zero-order valence-corrected chi connectivity index (χ0v) is 16.4. The average molecular weight is 389 g/mol. The van der Waals surface area contributed by atoms with E-state index in [1.807, 2.05) is 54.6 Å². The first-order valence-corrected chi connectivity index (χ1v) is 9.49. The SMILES string of the molecule is CCC(=O)Nc1ccccc1OC(=O)[C@H](C)Oc1ccc(-c2ccccc2)cc1. The third kappa shape index (κ3) is 5.45.